The number of amides is 1. The molecule has 25 heavy (non-hydrogen) atoms. The molecule has 1 heterocycles. The number of anilines is 1. The maximum absolute atomic E-state index is 13.0. The third-order valence-electron chi connectivity index (χ3n) is 5.41. The summed E-state index contributed by atoms with van der Waals surface area (Å²) in [6.45, 7) is 1.82. The van der Waals surface area contributed by atoms with E-state index in [1.165, 1.54) is 6.07 Å². The van der Waals surface area contributed by atoms with E-state index in [1.54, 1.807) is 19.1 Å². The van der Waals surface area contributed by atoms with E-state index in [2.05, 4.69) is 10.6 Å². The lowest BCUT2D eigenvalue weighted by Gasteiger charge is -2.37. The zero-order valence-electron chi connectivity index (χ0n) is 14.2. The summed E-state index contributed by atoms with van der Waals surface area (Å²) in [5.41, 5.74) is 0.609. The van der Waals surface area contributed by atoms with Crippen molar-refractivity contribution in [2.75, 3.05) is 25.0 Å². The lowest BCUT2D eigenvalue weighted by Crippen LogP contribution is -2.44. The third kappa shape index (κ3) is 3.76. The second kappa shape index (κ2) is 6.86. The van der Waals surface area contributed by atoms with E-state index in [9.17, 15) is 18.0 Å². The molecule has 1 saturated heterocycles. The highest BCUT2D eigenvalue weighted by Gasteiger charge is 2.49. The van der Waals surface area contributed by atoms with Crippen LogP contribution >= 0.6 is 0 Å². The van der Waals surface area contributed by atoms with Crippen molar-refractivity contribution in [2.24, 2.45) is 11.3 Å². The first-order chi connectivity index (χ1) is 11.8. The van der Waals surface area contributed by atoms with Gasteiger partial charge in [0.1, 0.15) is 5.75 Å². The Labute approximate surface area is 145 Å². The number of carbonyl (C=O) groups excluding carboxylic acids is 1. The predicted molar refractivity (Wildman–Crippen MR) is 88.6 cm³/mol. The first-order valence-corrected chi connectivity index (χ1v) is 8.63. The highest BCUT2D eigenvalue weighted by atomic mass is 19.4. The largest absolute Gasteiger partial charge is 0.484 e. The molecule has 0 spiro atoms. The van der Waals surface area contributed by atoms with Gasteiger partial charge in [-0.15, -0.1) is 0 Å². The second-order valence-electron chi connectivity index (χ2n) is 7.02. The van der Waals surface area contributed by atoms with E-state index in [0.29, 0.717) is 23.7 Å². The van der Waals surface area contributed by atoms with Crippen molar-refractivity contribution < 1.29 is 22.7 Å². The van der Waals surface area contributed by atoms with Gasteiger partial charge in [0, 0.05) is 17.8 Å². The van der Waals surface area contributed by atoms with Gasteiger partial charge < -0.3 is 15.4 Å². The molecule has 0 radical (unpaired) electrons. The molecular formula is C18H23F3N2O2. The number of carbonyl (C=O) groups is 1. The number of benzene rings is 1. The molecule has 0 aromatic heterocycles. The molecule has 0 bridgehead atoms. The molecule has 1 aromatic carbocycles. The van der Waals surface area contributed by atoms with Gasteiger partial charge in [-0.1, -0.05) is 18.9 Å². The van der Waals surface area contributed by atoms with E-state index in [-0.39, 0.29) is 11.7 Å². The summed E-state index contributed by atoms with van der Waals surface area (Å²) >= 11 is 0. The highest BCUT2D eigenvalue weighted by molar-refractivity contribution is 5.97. The lowest BCUT2D eigenvalue weighted by molar-refractivity contribution is -0.153. The first kappa shape index (κ1) is 18.0. The number of halogens is 3. The van der Waals surface area contributed by atoms with E-state index >= 15 is 0 Å². The Morgan fingerprint density at radius 1 is 1.40 bits per heavy atom. The van der Waals surface area contributed by atoms with Crippen LogP contribution in [-0.4, -0.2) is 31.8 Å². The molecule has 2 N–H and O–H groups in total. The van der Waals surface area contributed by atoms with Gasteiger partial charge in [-0.25, -0.2) is 0 Å². The highest BCUT2D eigenvalue weighted by Crippen LogP contribution is 2.44. The van der Waals surface area contributed by atoms with Crippen molar-refractivity contribution in [3.8, 4) is 5.75 Å². The Hall–Kier alpha value is -1.76. The van der Waals surface area contributed by atoms with Crippen LogP contribution in [0.4, 0.5) is 18.9 Å². The van der Waals surface area contributed by atoms with Gasteiger partial charge in [0.2, 0.25) is 5.91 Å². The van der Waals surface area contributed by atoms with Gasteiger partial charge in [-0.05, 0) is 44.4 Å². The van der Waals surface area contributed by atoms with E-state index in [1.807, 2.05) is 0 Å². The Morgan fingerprint density at radius 2 is 2.20 bits per heavy atom. The minimum Gasteiger partial charge on any atom is -0.484 e. The normalized spacial score (nSPS) is 26.2. The number of hydrogen-bond donors (Lipinski definition) is 2. The van der Waals surface area contributed by atoms with Gasteiger partial charge >= 0.3 is 6.18 Å². The fourth-order valence-corrected chi connectivity index (χ4v) is 4.00. The van der Waals surface area contributed by atoms with Crippen LogP contribution in [0.15, 0.2) is 18.2 Å². The monoisotopic (exact) mass is 356 g/mol. The standard InChI is InChI=1S/C18H23F3N2O2/c1-12-14(6-4-7-15(12)25-11-18(19,20)21)23-16(24)17-8-3-2-5-13(17)9-22-10-17/h4,6-7,13,22H,2-3,5,8-11H2,1H3,(H,23,24)/t13-,17+/m0/s1. The number of ether oxygens (including phenoxy) is 1. The Balaban J connectivity index is 1.75. The number of hydrogen-bond acceptors (Lipinski definition) is 3. The summed E-state index contributed by atoms with van der Waals surface area (Å²) in [5.74, 6) is 0.418. The molecule has 2 fully saturated rings. The van der Waals surface area contributed by atoms with Crippen molar-refractivity contribution in [3.63, 3.8) is 0 Å². The Kier molecular flexibility index (Phi) is 4.95. The Morgan fingerprint density at radius 3 is 2.96 bits per heavy atom. The molecule has 1 saturated carbocycles. The molecule has 138 valence electrons. The summed E-state index contributed by atoms with van der Waals surface area (Å²) in [4.78, 5) is 13.0. The topological polar surface area (TPSA) is 50.4 Å². The lowest BCUT2D eigenvalue weighted by atomic mass is 9.67. The van der Waals surface area contributed by atoms with Gasteiger partial charge in [0.15, 0.2) is 6.61 Å². The van der Waals surface area contributed by atoms with Crippen molar-refractivity contribution in [1.29, 1.82) is 0 Å². The summed E-state index contributed by atoms with van der Waals surface area (Å²) in [5, 5.41) is 6.26. The van der Waals surface area contributed by atoms with Crippen molar-refractivity contribution in [3.05, 3.63) is 23.8 Å². The van der Waals surface area contributed by atoms with Crippen LogP contribution in [0.5, 0.6) is 5.75 Å². The minimum atomic E-state index is -4.39. The quantitative estimate of drug-likeness (QED) is 0.866. The molecule has 2 aliphatic rings. The SMILES string of the molecule is Cc1c(NC(=O)[C@@]23CCCC[C@H]2CNC3)cccc1OCC(F)(F)F. The van der Waals surface area contributed by atoms with E-state index in [0.717, 1.165) is 32.2 Å². The predicted octanol–water partition coefficient (Wildman–Crippen LogP) is 3.65. The molecule has 1 aliphatic carbocycles. The van der Waals surface area contributed by atoms with Crippen LogP contribution in [0, 0.1) is 18.3 Å². The molecular weight excluding hydrogens is 333 g/mol. The third-order valence-corrected chi connectivity index (χ3v) is 5.41. The summed E-state index contributed by atoms with van der Waals surface area (Å²) in [6.07, 6.45) is -0.343. The van der Waals surface area contributed by atoms with E-state index in [4.69, 9.17) is 4.74 Å². The smallest absolute Gasteiger partial charge is 0.422 e. The van der Waals surface area contributed by atoms with Crippen molar-refractivity contribution in [1.82, 2.24) is 5.32 Å². The van der Waals surface area contributed by atoms with Crippen molar-refractivity contribution >= 4 is 11.6 Å². The molecule has 1 amide bonds. The maximum atomic E-state index is 13.0. The number of fused-ring (bicyclic) bond motifs is 1. The van der Waals surface area contributed by atoms with Crippen LogP contribution in [-0.2, 0) is 4.79 Å². The van der Waals surface area contributed by atoms with Gasteiger partial charge in [-0.3, -0.25) is 4.79 Å². The van der Waals surface area contributed by atoms with Crippen LogP contribution in [0.25, 0.3) is 0 Å². The average molecular weight is 356 g/mol. The molecule has 7 heteroatoms. The average Bonchev–Trinajstić information content (AvgIpc) is 3.00. The molecule has 2 atom stereocenters. The molecule has 3 rings (SSSR count). The Bertz CT molecular complexity index is 648. The summed E-state index contributed by atoms with van der Waals surface area (Å²) in [6, 6.07) is 4.78. The second-order valence-corrected chi connectivity index (χ2v) is 7.02. The van der Waals surface area contributed by atoms with Crippen LogP contribution in [0.1, 0.15) is 31.2 Å². The fourth-order valence-electron chi connectivity index (χ4n) is 4.00. The minimum absolute atomic E-state index is 0.0433. The van der Waals surface area contributed by atoms with Crippen LogP contribution in [0.3, 0.4) is 0 Å². The molecule has 0 unspecified atom stereocenters. The van der Waals surface area contributed by atoms with E-state index < -0.39 is 18.2 Å². The zero-order chi connectivity index (χ0) is 18.1. The molecule has 4 nitrogen and oxygen atoms in total. The van der Waals surface area contributed by atoms with Gasteiger partial charge in [0.05, 0.1) is 5.41 Å². The zero-order valence-corrected chi connectivity index (χ0v) is 14.2. The molecule has 1 aromatic rings. The number of nitrogens with one attached hydrogen (secondary N) is 2. The summed E-state index contributed by atoms with van der Waals surface area (Å²) in [7, 11) is 0. The van der Waals surface area contributed by atoms with Gasteiger partial charge in [0.25, 0.3) is 0 Å². The maximum Gasteiger partial charge on any atom is 0.422 e. The van der Waals surface area contributed by atoms with Gasteiger partial charge in [-0.2, -0.15) is 13.2 Å². The van der Waals surface area contributed by atoms with Crippen molar-refractivity contribution in [2.45, 2.75) is 38.8 Å². The molecule has 1 aliphatic heterocycles. The number of alkyl halides is 3. The fraction of sp³-hybridized carbons (Fsp3) is 0.611. The van der Waals surface area contributed by atoms with Crippen LogP contribution in [0.2, 0.25) is 0 Å². The number of rotatable bonds is 4. The summed E-state index contributed by atoms with van der Waals surface area (Å²) < 4.78 is 42.0. The van der Waals surface area contributed by atoms with Crippen LogP contribution < -0.4 is 15.4 Å². The first-order valence-electron chi connectivity index (χ1n) is 8.63.